The van der Waals surface area contributed by atoms with E-state index in [9.17, 15) is 4.79 Å². The fourth-order valence-corrected chi connectivity index (χ4v) is 4.12. The molecule has 1 atom stereocenters. The molecule has 172 valence electrons. The highest BCUT2D eigenvalue weighted by Crippen LogP contribution is 2.34. The van der Waals surface area contributed by atoms with Crippen LogP contribution in [-0.2, 0) is 9.53 Å². The van der Waals surface area contributed by atoms with Gasteiger partial charge in [0, 0.05) is 43.4 Å². The van der Waals surface area contributed by atoms with Gasteiger partial charge in [-0.15, -0.1) is 0 Å². The molecule has 4 heterocycles. The van der Waals surface area contributed by atoms with E-state index in [1.54, 1.807) is 42.3 Å². The molecule has 3 aromatic rings. The maximum Gasteiger partial charge on any atom is 0.265 e. The number of hydrogen-bond acceptors (Lipinski definition) is 8. The largest absolute Gasteiger partial charge is 0.497 e. The number of aromatic nitrogens is 3. The molecule has 1 amide bonds. The highest BCUT2D eigenvalue weighted by atomic mass is 16.5. The summed E-state index contributed by atoms with van der Waals surface area (Å²) in [6.07, 6.45) is 4.92. The lowest BCUT2D eigenvalue weighted by Crippen LogP contribution is -2.33. The molecule has 2 aliphatic rings. The van der Waals surface area contributed by atoms with Crippen molar-refractivity contribution < 1.29 is 23.7 Å². The van der Waals surface area contributed by atoms with Gasteiger partial charge in [-0.3, -0.25) is 4.79 Å². The van der Waals surface area contributed by atoms with Crippen LogP contribution >= 0.6 is 0 Å². The van der Waals surface area contributed by atoms with Crippen molar-refractivity contribution in [3.05, 3.63) is 42.6 Å². The van der Waals surface area contributed by atoms with Gasteiger partial charge in [0.15, 0.2) is 11.4 Å². The van der Waals surface area contributed by atoms with Gasteiger partial charge in [0.05, 0.1) is 32.3 Å². The quantitative estimate of drug-likeness (QED) is 0.647. The average molecular weight is 451 g/mol. The van der Waals surface area contributed by atoms with Gasteiger partial charge < -0.3 is 29.2 Å². The Hall–Kier alpha value is -3.79. The van der Waals surface area contributed by atoms with Crippen LogP contribution < -0.4 is 19.5 Å². The lowest BCUT2D eigenvalue weighted by molar-refractivity contribution is -0.136. The Morgan fingerprint density at radius 1 is 1.24 bits per heavy atom. The number of nitrogens with zero attached hydrogens (tertiary/aromatic N) is 4. The zero-order valence-corrected chi connectivity index (χ0v) is 18.7. The van der Waals surface area contributed by atoms with Crippen LogP contribution in [0, 0.1) is 0 Å². The molecule has 0 saturated carbocycles. The minimum absolute atomic E-state index is 0.0830. The lowest BCUT2D eigenvalue weighted by Gasteiger charge is -2.20. The van der Waals surface area contributed by atoms with E-state index in [1.807, 2.05) is 25.1 Å². The minimum Gasteiger partial charge on any atom is -0.497 e. The monoisotopic (exact) mass is 451 g/mol. The number of nitrogens with one attached hydrogen (secondary N) is 1. The number of fused-ring (bicyclic) bond motifs is 5. The average Bonchev–Trinajstić information content (AvgIpc) is 3.37. The van der Waals surface area contributed by atoms with E-state index in [2.05, 4.69) is 15.4 Å². The number of methoxy groups -OCH3 is 2. The van der Waals surface area contributed by atoms with E-state index in [0.29, 0.717) is 43.3 Å². The fraction of sp³-hybridized carbons (Fsp3) is 0.348. The third-order valence-corrected chi connectivity index (χ3v) is 5.72. The van der Waals surface area contributed by atoms with Gasteiger partial charge in [-0.05, 0) is 24.6 Å². The van der Waals surface area contributed by atoms with E-state index in [-0.39, 0.29) is 11.8 Å². The first-order valence-electron chi connectivity index (χ1n) is 10.8. The second-order valence-electron chi connectivity index (χ2n) is 7.68. The van der Waals surface area contributed by atoms with Crippen molar-refractivity contribution in [3.63, 3.8) is 0 Å². The summed E-state index contributed by atoms with van der Waals surface area (Å²) in [5.41, 5.74) is 3.90. The highest BCUT2D eigenvalue weighted by Gasteiger charge is 2.36. The first kappa shape index (κ1) is 21.1. The van der Waals surface area contributed by atoms with Gasteiger partial charge in [-0.1, -0.05) is 0 Å². The molecule has 1 N–H and O–H groups in total. The zero-order chi connectivity index (χ0) is 22.9. The molecule has 2 aliphatic heterocycles. The van der Waals surface area contributed by atoms with E-state index in [4.69, 9.17) is 18.9 Å². The van der Waals surface area contributed by atoms with E-state index < -0.39 is 6.10 Å². The number of benzene rings is 1. The summed E-state index contributed by atoms with van der Waals surface area (Å²) in [7, 11) is 3.17. The maximum atomic E-state index is 12.9. The van der Waals surface area contributed by atoms with Crippen molar-refractivity contribution in [2.75, 3.05) is 39.2 Å². The number of anilines is 1. The predicted octanol–water partition coefficient (Wildman–Crippen LogP) is 2.70. The van der Waals surface area contributed by atoms with Crippen LogP contribution in [0.3, 0.4) is 0 Å². The first-order chi connectivity index (χ1) is 16.1. The number of amides is 1. The molecular formula is C23H25N5O5. The second kappa shape index (κ2) is 8.62. The second-order valence-corrected chi connectivity index (χ2v) is 7.68. The highest BCUT2D eigenvalue weighted by molar-refractivity contribution is 5.86. The number of rotatable bonds is 4. The van der Waals surface area contributed by atoms with Crippen LogP contribution in [0.4, 0.5) is 5.69 Å². The number of ether oxygens (including phenoxy) is 4. The molecule has 0 spiro atoms. The molecular weight excluding hydrogens is 426 g/mol. The Bertz CT molecular complexity index is 1240. The summed E-state index contributed by atoms with van der Waals surface area (Å²) in [6, 6.07) is 5.84. The van der Waals surface area contributed by atoms with Crippen molar-refractivity contribution in [2.24, 2.45) is 0 Å². The summed E-state index contributed by atoms with van der Waals surface area (Å²) in [6.45, 7) is 3.32. The Labute approximate surface area is 190 Å². The van der Waals surface area contributed by atoms with Crippen molar-refractivity contribution in [2.45, 2.75) is 19.4 Å². The van der Waals surface area contributed by atoms with Gasteiger partial charge in [0.2, 0.25) is 0 Å². The molecule has 10 heteroatoms. The SMILES string of the molecule is CCO[C@@H]1C/C2=C\Oc3nc4c(cnn4cc3OC)-c3cc(cc(OC)c3)NCCN2C1=O. The third-order valence-electron chi connectivity index (χ3n) is 5.72. The molecule has 1 aromatic carbocycles. The Kier molecular flexibility index (Phi) is 5.51. The Morgan fingerprint density at radius 2 is 2.12 bits per heavy atom. The van der Waals surface area contributed by atoms with Gasteiger partial charge in [0.1, 0.15) is 18.1 Å². The summed E-state index contributed by atoms with van der Waals surface area (Å²) < 4.78 is 24.2. The number of hydrogen-bond donors (Lipinski definition) is 1. The third kappa shape index (κ3) is 3.82. The fourth-order valence-electron chi connectivity index (χ4n) is 4.12. The van der Waals surface area contributed by atoms with Crippen LogP contribution in [0.1, 0.15) is 13.3 Å². The first-order valence-corrected chi connectivity index (χ1v) is 10.8. The molecule has 5 rings (SSSR count). The molecule has 4 bridgehead atoms. The zero-order valence-electron chi connectivity index (χ0n) is 18.7. The molecule has 33 heavy (non-hydrogen) atoms. The summed E-state index contributed by atoms with van der Waals surface area (Å²) >= 11 is 0. The van der Waals surface area contributed by atoms with Gasteiger partial charge in [0.25, 0.3) is 11.8 Å². The van der Waals surface area contributed by atoms with Crippen LogP contribution in [-0.4, -0.2) is 65.4 Å². The molecule has 0 aliphatic carbocycles. The summed E-state index contributed by atoms with van der Waals surface area (Å²) in [5.74, 6) is 1.32. The van der Waals surface area contributed by atoms with E-state index >= 15 is 0 Å². The molecule has 10 nitrogen and oxygen atoms in total. The van der Waals surface area contributed by atoms with Crippen molar-refractivity contribution in [3.8, 4) is 28.5 Å². The molecule has 0 unspecified atom stereocenters. The molecule has 2 aromatic heterocycles. The topological polar surface area (TPSA) is 99.5 Å². The molecule has 1 saturated heterocycles. The van der Waals surface area contributed by atoms with Gasteiger partial charge in [-0.2, -0.15) is 10.1 Å². The van der Waals surface area contributed by atoms with Crippen LogP contribution in [0.25, 0.3) is 16.8 Å². The van der Waals surface area contributed by atoms with Crippen LogP contribution in [0.5, 0.6) is 17.4 Å². The Balaban J connectivity index is 1.65. The van der Waals surface area contributed by atoms with Crippen molar-refractivity contribution in [1.82, 2.24) is 19.5 Å². The van der Waals surface area contributed by atoms with Crippen molar-refractivity contribution >= 4 is 17.2 Å². The number of carbonyl (C=O) groups excluding carboxylic acids is 1. The Morgan fingerprint density at radius 3 is 2.91 bits per heavy atom. The number of carbonyl (C=O) groups is 1. The van der Waals surface area contributed by atoms with Gasteiger partial charge in [-0.25, -0.2) is 4.52 Å². The van der Waals surface area contributed by atoms with Crippen molar-refractivity contribution in [1.29, 1.82) is 0 Å². The summed E-state index contributed by atoms with van der Waals surface area (Å²) in [5, 5.41) is 7.83. The van der Waals surface area contributed by atoms with Crippen LogP contribution in [0.2, 0.25) is 0 Å². The predicted molar refractivity (Wildman–Crippen MR) is 120 cm³/mol. The minimum atomic E-state index is -0.525. The normalized spacial score (nSPS) is 19.4. The lowest BCUT2D eigenvalue weighted by atomic mass is 10.1. The molecule has 0 radical (unpaired) electrons. The van der Waals surface area contributed by atoms with Gasteiger partial charge >= 0.3 is 0 Å². The van der Waals surface area contributed by atoms with Crippen LogP contribution in [0.15, 0.2) is 42.6 Å². The standard InChI is InChI=1S/C23H25N5O5/c1-4-32-19-10-16-13-33-22-20(31-3)12-28-21(26-22)18(11-25-28)14-7-15(9-17(8-14)30-2)24-5-6-27(16)23(19)29/h7-9,11-13,19,24H,4-6,10H2,1-3H3/b16-13+/t19-/m1/s1. The van der Waals surface area contributed by atoms with E-state index in [0.717, 1.165) is 22.5 Å². The van der Waals surface area contributed by atoms with E-state index in [1.165, 1.54) is 0 Å². The molecule has 1 fully saturated rings. The summed E-state index contributed by atoms with van der Waals surface area (Å²) in [4.78, 5) is 19.3. The smallest absolute Gasteiger partial charge is 0.265 e. The maximum absolute atomic E-state index is 12.9.